The maximum absolute atomic E-state index is 13.7. The lowest BCUT2D eigenvalue weighted by Crippen LogP contribution is -2.22. The number of carbonyl (C=O) groups excluding carboxylic acids is 1. The molecule has 7 nitrogen and oxygen atoms in total. The summed E-state index contributed by atoms with van der Waals surface area (Å²) in [6.45, 7) is 1.91. The largest absolute Gasteiger partial charge is 0.325 e. The molecule has 6 aromatic rings. The Bertz CT molecular complexity index is 1890. The van der Waals surface area contributed by atoms with Gasteiger partial charge in [0.1, 0.15) is 5.25 Å². The van der Waals surface area contributed by atoms with Gasteiger partial charge in [0.25, 0.3) is 5.56 Å². The van der Waals surface area contributed by atoms with Crippen LogP contribution in [0.25, 0.3) is 22.4 Å². The first-order chi connectivity index (χ1) is 19.0. The van der Waals surface area contributed by atoms with Gasteiger partial charge in [-0.2, -0.15) is 0 Å². The molecule has 192 valence electrons. The number of anilines is 1. The number of carbonyl (C=O) groups is 1. The first-order valence-electron chi connectivity index (χ1n) is 12.2. The normalized spacial score (nSPS) is 12.1. The molecular formula is C30H22ClN5O2S. The molecule has 1 unspecified atom stereocenters. The molecule has 2 heterocycles. The molecule has 2 aromatic heterocycles. The number of aromatic nitrogens is 4. The van der Waals surface area contributed by atoms with E-state index >= 15 is 0 Å². The molecule has 0 saturated heterocycles. The average Bonchev–Trinajstić information content (AvgIpc) is 3.38. The second-order valence-electron chi connectivity index (χ2n) is 8.97. The maximum Gasteiger partial charge on any atom is 0.267 e. The predicted octanol–water partition coefficient (Wildman–Crippen LogP) is 6.47. The topological polar surface area (TPSA) is 81.3 Å². The van der Waals surface area contributed by atoms with Crippen LogP contribution in [0.5, 0.6) is 0 Å². The summed E-state index contributed by atoms with van der Waals surface area (Å²) in [4.78, 5) is 27.2. The van der Waals surface area contributed by atoms with Crippen LogP contribution in [0.15, 0.2) is 113 Å². The third kappa shape index (κ3) is 4.69. The number of aryl methyl sites for hydroxylation is 1. The van der Waals surface area contributed by atoms with Crippen LogP contribution in [0.4, 0.5) is 5.69 Å². The van der Waals surface area contributed by atoms with Gasteiger partial charge in [-0.05, 0) is 54.4 Å². The summed E-state index contributed by atoms with van der Waals surface area (Å²) in [5, 5.41) is 12.8. The van der Waals surface area contributed by atoms with Gasteiger partial charge >= 0.3 is 0 Å². The molecule has 1 atom stereocenters. The summed E-state index contributed by atoms with van der Waals surface area (Å²) in [5.74, 6) is 0.133. The minimum Gasteiger partial charge on any atom is -0.325 e. The Kier molecular flexibility index (Phi) is 6.64. The molecule has 1 amide bonds. The van der Waals surface area contributed by atoms with Gasteiger partial charge < -0.3 is 5.32 Å². The van der Waals surface area contributed by atoms with Gasteiger partial charge in [0, 0.05) is 10.7 Å². The fourth-order valence-electron chi connectivity index (χ4n) is 4.45. The fraction of sp³-hybridized carbons (Fsp3) is 0.0667. The van der Waals surface area contributed by atoms with Gasteiger partial charge in [-0.1, -0.05) is 90.1 Å². The Labute approximate surface area is 233 Å². The van der Waals surface area contributed by atoms with Gasteiger partial charge in [-0.15, -0.1) is 10.2 Å². The van der Waals surface area contributed by atoms with Crippen molar-refractivity contribution in [1.82, 2.24) is 19.2 Å². The highest BCUT2D eigenvalue weighted by Crippen LogP contribution is 2.36. The fourth-order valence-corrected chi connectivity index (χ4v) is 5.67. The molecule has 0 bridgehead atoms. The van der Waals surface area contributed by atoms with Gasteiger partial charge in [-0.3, -0.25) is 14.0 Å². The van der Waals surface area contributed by atoms with Gasteiger partial charge in [0.05, 0.1) is 16.6 Å². The van der Waals surface area contributed by atoms with Crippen LogP contribution >= 0.6 is 23.4 Å². The lowest BCUT2D eigenvalue weighted by Gasteiger charge is -2.17. The standard InChI is InChI=1S/C30H22ClN5O2S/c1-19-16-17-21(18-24(19)31)32-27(37)26(20-10-4-2-5-11-20)39-30-34-33-29-35(22-12-6-3-7-13-22)28(38)23-14-8-9-15-25(23)36(29)30/h2-18,26H,1H3,(H,32,37). The molecule has 39 heavy (non-hydrogen) atoms. The van der Waals surface area contributed by atoms with Crippen LogP contribution in [0, 0.1) is 6.92 Å². The predicted molar refractivity (Wildman–Crippen MR) is 156 cm³/mol. The first kappa shape index (κ1) is 24.9. The summed E-state index contributed by atoms with van der Waals surface area (Å²) in [5.41, 5.74) is 3.48. The molecule has 9 heteroatoms. The quantitative estimate of drug-likeness (QED) is 0.240. The van der Waals surface area contributed by atoms with E-state index < -0.39 is 5.25 Å². The molecule has 0 spiro atoms. The van der Waals surface area contributed by atoms with E-state index in [2.05, 4.69) is 15.5 Å². The SMILES string of the molecule is Cc1ccc(NC(=O)C(Sc2nnc3n(-c4ccccc4)c(=O)c4ccccc4n23)c2ccccc2)cc1Cl. The molecule has 4 aromatic carbocycles. The minimum absolute atomic E-state index is 0.193. The van der Waals surface area contributed by atoms with Crippen molar-refractivity contribution in [2.24, 2.45) is 0 Å². The number of nitrogens with zero attached hydrogens (tertiary/aromatic N) is 4. The molecule has 0 fully saturated rings. The highest BCUT2D eigenvalue weighted by molar-refractivity contribution is 8.00. The van der Waals surface area contributed by atoms with Crippen LogP contribution in [-0.2, 0) is 4.79 Å². The molecule has 6 rings (SSSR count). The number of rotatable bonds is 6. The second kappa shape index (κ2) is 10.4. The van der Waals surface area contributed by atoms with E-state index in [1.807, 2.05) is 102 Å². The van der Waals surface area contributed by atoms with E-state index in [-0.39, 0.29) is 11.5 Å². The highest BCUT2D eigenvalue weighted by Gasteiger charge is 2.27. The lowest BCUT2D eigenvalue weighted by molar-refractivity contribution is -0.115. The zero-order valence-electron chi connectivity index (χ0n) is 20.8. The summed E-state index contributed by atoms with van der Waals surface area (Å²) in [6, 6.07) is 31.6. The number of hydrogen-bond acceptors (Lipinski definition) is 5. The summed E-state index contributed by atoms with van der Waals surface area (Å²) in [6.07, 6.45) is 0. The number of amides is 1. The molecule has 0 radical (unpaired) electrons. The Balaban J connectivity index is 1.49. The van der Waals surface area contributed by atoms with E-state index in [4.69, 9.17) is 11.6 Å². The van der Waals surface area contributed by atoms with Crippen LogP contribution in [0.2, 0.25) is 5.02 Å². The second-order valence-corrected chi connectivity index (χ2v) is 10.5. The Morgan fingerprint density at radius 1 is 0.897 bits per heavy atom. The summed E-state index contributed by atoms with van der Waals surface area (Å²) >= 11 is 7.57. The number of fused-ring (bicyclic) bond motifs is 3. The van der Waals surface area contributed by atoms with Crippen LogP contribution < -0.4 is 10.9 Å². The number of halogens is 1. The van der Waals surface area contributed by atoms with E-state index in [1.165, 1.54) is 11.8 Å². The van der Waals surface area contributed by atoms with Gasteiger partial charge in [-0.25, -0.2) is 4.57 Å². The molecular weight excluding hydrogens is 530 g/mol. The first-order valence-corrected chi connectivity index (χ1v) is 13.5. The average molecular weight is 552 g/mol. The van der Waals surface area contributed by atoms with E-state index in [9.17, 15) is 9.59 Å². The Morgan fingerprint density at radius 2 is 1.59 bits per heavy atom. The molecule has 0 aliphatic rings. The Morgan fingerprint density at radius 3 is 2.33 bits per heavy atom. The minimum atomic E-state index is -0.658. The van der Waals surface area contributed by atoms with Crippen molar-refractivity contribution in [3.63, 3.8) is 0 Å². The van der Waals surface area contributed by atoms with Crippen molar-refractivity contribution in [1.29, 1.82) is 0 Å². The zero-order chi connectivity index (χ0) is 26.9. The van der Waals surface area contributed by atoms with E-state index in [1.54, 1.807) is 16.7 Å². The van der Waals surface area contributed by atoms with Crippen molar-refractivity contribution < 1.29 is 4.79 Å². The summed E-state index contributed by atoms with van der Waals surface area (Å²) < 4.78 is 3.38. The molecule has 0 aliphatic carbocycles. The molecule has 1 N–H and O–H groups in total. The number of para-hydroxylation sites is 2. The van der Waals surface area contributed by atoms with Gasteiger partial charge in [0.15, 0.2) is 5.16 Å². The van der Waals surface area contributed by atoms with Crippen molar-refractivity contribution in [2.75, 3.05) is 5.32 Å². The lowest BCUT2D eigenvalue weighted by atomic mass is 10.1. The molecule has 0 aliphatic heterocycles. The van der Waals surface area contributed by atoms with Crippen LogP contribution in [0.1, 0.15) is 16.4 Å². The third-order valence-electron chi connectivity index (χ3n) is 6.41. The van der Waals surface area contributed by atoms with Crippen molar-refractivity contribution >= 4 is 51.6 Å². The number of nitrogens with one attached hydrogen (secondary N) is 1. The Hall–Kier alpha value is -4.40. The van der Waals surface area contributed by atoms with Gasteiger partial charge in [0.2, 0.25) is 11.7 Å². The monoisotopic (exact) mass is 551 g/mol. The summed E-state index contributed by atoms with van der Waals surface area (Å²) in [7, 11) is 0. The van der Waals surface area contributed by atoms with E-state index in [0.29, 0.717) is 38.2 Å². The van der Waals surface area contributed by atoms with Crippen LogP contribution in [0.3, 0.4) is 0 Å². The molecule has 0 saturated carbocycles. The number of thioether (sulfide) groups is 1. The highest BCUT2D eigenvalue weighted by atomic mass is 35.5. The smallest absolute Gasteiger partial charge is 0.267 e. The maximum atomic E-state index is 13.7. The number of benzene rings is 4. The van der Waals surface area contributed by atoms with Crippen molar-refractivity contribution in [3.8, 4) is 5.69 Å². The van der Waals surface area contributed by atoms with Crippen molar-refractivity contribution in [3.05, 3.63) is 130 Å². The number of hydrogen-bond donors (Lipinski definition) is 1. The van der Waals surface area contributed by atoms with E-state index in [0.717, 1.165) is 11.1 Å². The zero-order valence-corrected chi connectivity index (χ0v) is 22.4. The third-order valence-corrected chi connectivity index (χ3v) is 8.02. The van der Waals surface area contributed by atoms with Crippen molar-refractivity contribution in [2.45, 2.75) is 17.3 Å². The van der Waals surface area contributed by atoms with Crippen LogP contribution in [-0.4, -0.2) is 25.1 Å².